The van der Waals surface area contributed by atoms with Gasteiger partial charge < -0.3 is 11.1 Å². The van der Waals surface area contributed by atoms with Gasteiger partial charge in [0, 0.05) is 17.6 Å². The molecule has 0 spiro atoms. The number of rotatable bonds is 4. The number of carbonyl (C=O) groups is 1. The number of pyridine rings is 1. The lowest BCUT2D eigenvalue weighted by molar-refractivity contribution is 0.0885. The monoisotopic (exact) mass is 285 g/mol. The molecule has 0 aliphatic rings. The van der Waals surface area contributed by atoms with E-state index in [1.54, 1.807) is 6.07 Å². The number of benzene rings is 1. The minimum Gasteiger partial charge on any atom is -0.345 e. The Balaban J connectivity index is 2.42. The molecule has 0 radical (unpaired) electrons. The molecule has 1 aromatic heterocycles. The van der Waals surface area contributed by atoms with Crippen LogP contribution in [-0.2, 0) is 0 Å². The molecule has 0 aliphatic heterocycles. The van der Waals surface area contributed by atoms with Crippen molar-refractivity contribution in [1.29, 1.82) is 0 Å². The molecule has 0 aliphatic carbocycles. The summed E-state index contributed by atoms with van der Waals surface area (Å²) in [5, 5.41) is 4.03. The first kappa shape index (κ1) is 15.4. The summed E-state index contributed by atoms with van der Waals surface area (Å²) >= 11 is 0. The molecule has 21 heavy (non-hydrogen) atoms. The largest absolute Gasteiger partial charge is 0.345 e. The third-order valence-corrected chi connectivity index (χ3v) is 4.20. The molecule has 4 heteroatoms. The zero-order valence-electron chi connectivity index (χ0n) is 13.1. The maximum absolute atomic E-state index is 12.6. The van der Waals surface area contributed by atoms with Crippen LogP contribution in [0.1, 0.15) is 36.8 Å². The molecule has 112 valence electrons. The van der Waals surface area contributed by atoms with Gasteiger partial charge in [-0.3, -0.25) is 9.78 Å². The SMILES string of the molecule is Cc1ccc2cccc(C(=O)NC(C)(CN)C(C)C)c2n1. The summed E-state index contributed by atoms with van der Waals surface area (Å²) in [7, 11) is 0. The molecule has 2 rings (SSSR count). The molecule has 2 aromatic rings. The predicted octanol–water partition coefficient (Wildman–Crippen LogP) is 2.65. The number of hydrogen-bond acceptors (Lipinski definition) is 3. The van der Waals surface area contributed by atoms with Crippen LogP contribution in [0.2, 0.25) is 0 Å². The van der Waals surface area contributed by atoms with Gasteiger partial charge in [0.2, 0.25) is 0 Å². The molecule has 1 amide bonds. The number of nitrogens with zero attached hydrogens (tertiary/aromatic N) is 1. The van der Waals surface area contributed by atoms with Gasteiger partial charge in [-0.2, -0.15) is 0 Å². The minimum atomic E-state index is -0.428. The number of aromatic nitrogens is 1. The number of fused-ring (bicyclic) bond motifs is 1. The molecule has 0 saturated heterocycles. The topological polar surface area (TPSA) is 68.0 Å². The molecule has 1 aromatic carbocycles. The van der Waals surface area contributed by atoms with Gasteiger partial charge in [0.15, 0.2) is 0 Å². The highest BCUT2D eigenvalue weighted by molar-refractivity contribution is 6.05. The van der Waals surface area contributed by atoms with Crippen molar-refractivity contribution < 1.29 is 4.79 Å². The van der Waals surface area contributed by atoms with Gasteiger partial charge in [0.25, 0.3) is 5.91 Å². The van der Waals surface area contributed by atoms with Gasteiger partial charge in [-0.05, 0) is 31.9 Å². The zero-order valence-corrected chi connectivity index (χ0v) is 13.1. The Kier molecular flexibility index (Phi) is 4.28. The van der Waals surface area contributed by atoms with Crippen LogP contribution >= 0.6 is 0 Å². The average molecular weight is 285 g/mol. The van der Waals surface area contributed by atoms with Crippen LogP contribution in [0.3, 0.4) is 0 Å². The van der Waals surface area contributed by atoms with Crippen molar-refractivity contribution in [3.8, 4) is 0 Å². The van der Waals surface area contributed by atoms with Crippen LogP contribution in [0.5, 0.6) is 0 Å². The standard InChI is InChI=1S/C17H23N3O/c1-11(2)17(4,10-18)20-16(21)14-7-5-6-13-9-8-12(3)19-15(13)14/h5-9,11H,10,18H2,1-4H3,(H,20,21). The van der Waals surface area contributed by atoms with Crippen LogP contribution < -0.4 is 11.1 Å². The number of amides is 1. The van der Waals surface area contributed by atoms with Crippen molar-refractivity contribution in [2.24, 2.45) is 11.7 Å². The predicted molar refractivity (Wildman–Crippen MR) is 86.2 cm³/mol. The Labute approximate surface area is 125 Å². The molecule has 1 heterocycles. The summed E-state index contributed by atoms with van der Waals surface area (Å²) in [6, 6.07) is 9.58. The van der Waals surface area contributed by atoms with Crippen molar-refractivity contribution in [2.75, 3.05) is 6.54 Å². The number of carbonyl (C=O) groups excluding carboxylic acids is 1. The van der Waals surface area contributed by atoms with E-state index in [0.29, 0.717) is 12.1 Å². The lowest BCUT2D eigenvalue weighted by atomic mass is 9.88. The second-order valence-electron chi connectivity index (χ2n) is 6.06. The molecule has 4 nitrogen and oxygen atoms in total. The average Bonchev–Trinajstić information content (AvgIpc) is 2.46. The summed E-state index contributed by atoms with van der Waals surface area (Å²) < 4.78 is 0. The smallest absolute Gasteiger partial charge is 0.253 e. The highest BCUT2D eigenvalue weighted by Crippen LogP contribution is 2.20. The highest BCUT2D eigenvalue weighted by atomic mass is 16.1. The van der Waals surface area contributed by atoms with E-state index < -0.39 is 5.54 Å². The van der Waals surface area contributed by atoms with Crippen molar-refractivity contribution in [2.45, 2.75) is 33.2 Å². The Hall–Kier alpha value is -1.94. The van der Waals surface area contributed by atoms with E-state index >= 15 is 0 Å². The molecule has 1 atom stereocenters. The molecule has 1 unspecified atom stereocenters. The third kappa shape index (κ3) is 3.05. The number of nitrogens with one attached hydrogen (secondary N) is 1. The minimum absolute atomic E-state index is 0.125. The van der Waals surface area contributed by atoms with E-state index in [1.165, 1.54) is 0 Å². The fourth-order valence-corrected chi connectivity index (χ4v) is 2.19. The van der Waals surface area contributed by atoms with Crippen LogP contribution in [0.15, 0.2) is 30.3 Å². The van der Waals surface area contributed by atoms with Crippen molar-refractivity contribution in [3.63, 3.8) is 0 Å². The van der Waals surface area contributed by atoms with Gasteiger partial charge in [-0.1, -0.05) is 32.0 Å². The number of nitrogens with two attached hydrogens (primary N) is 1. The molecule has 0 saturated carbocycles. The first-order valence-electron chi connectivity index (χ1n) is 7.26. The summed E-state index contributed by atoms with van der Waals surface area (Å²) in [6.07, 6.45) is 0. The Morgan fingerprint density at radius 1 is 1.33 bits per heavy atom. The normalized spacial score (nSPS) is 14.2. The van der Waals surface area contributed by atoms with Gasteiger partial charge in [-0.15, -0.1) is 0 Å². The lowest BCUT2D eigenvalue weighted by Crippen LogP contribution is -2.55. The second-order valence-corrected chi connectivity index (χ2v) is 6.06. The van der Waals surface area contributed by atoms with Crippen LogP contribution in [0.25, 0.3) is 10.9 Å². The maximum Gasteiger partial charge on any atom is 0.253 e. The van der Waals surface area contributed by atoms with E-state index in [4.69, 9.17) is 5.73 Å². The summed E-state index contributed by atoms with van der Waals surface area (Å²) in [5.74, 6) is 0.122. The van der Waals surface area contributed by atoms with Gasteiger partial charge >= 0.3 is 0 Å². The molecular formula is C17H23N3O. The number of hydrogen-bond donors (Lipinski definition) is 2. The van der Waals surface area contributed by atoms with E-state index in [-0.39, 0.29) is 11.8 Å². The van der Waals surface area contributed by atoms with Crippen molar-refractivity contribution >= 4 is 16.8 Å². The van der Waals surface area contributed by atoms with Crippen LogP contribution in [0.4, 0.5) is 0 Å². The first-order valence-corrected chi connectivity index (χ1v) is 7.26. The van der Waals surface area contributed by atoms with E-state index in [1.807, 2.05) is 38.1 Å². The van der Waals surface area contributed by atoms with Crippen LogP contribution in [0, 0.1) is 12.8 Å². The van der Waals surface area contributed by atoms with Gasteiger partial charge in [0.1, 0.15) is 0 Å². The first-order chi connectivity index (χ1) is 9.87. The molecule has 0 fully saturated rings. The summed E-state index contributed by atoms with van der Waals surface area (Å²) in [5.41, 5.74) is 7.64. The van der Waals surface area contributed by atoms with E-state index in [0.717, 1.165) is 16.6 Å². The number of aryl methyl sites for hydroxylation is 1. The number of para-hydroxylation sites is 1. The zero-order chi connectivity index (χ0) is 15.6. The Morgan fingerprint density at radius 3 is 2.67 bits per heavy atom. The fourth-order valence-electron chi connectivity index (χ4n) is 2.19. The quantitative estimate of drug-likeness (QED) is 0.907. The molecule has 3 N–H and O–H groups in total. The third-order valence-electron chi connectivity index (χ3n) is 4.20. The Morgan fingerprint density at radius 2 is 2.05 bits per heavy atom. The lowest BCUT2D eigenvalue weighted by Gasteiger charge is -2.33. The summed E-state index contributed by atoms with van der Waals surface area (Å²) in [6.45, 7) is 8.40. The van der Waals surface area contributed by atoms with E-state index in [9.17, 15) is 4.79 Å². The summed E-state index contributed by atoms with van der Waals surface area (Å²) in [4.78, 5) is 17.1. The van der Waals surface area contributed by atoms with Crippen LogP contribution in [-0.4, -0.2) is 23.0 Å². The highest BCUT2D eigenvalue weighted by Gasteiger charge is 2.29. The molecular weight excluding hydrogens is 262 g/mol. The maximum atomic E-state index is 12.6. The Bertz CT molecular complexity index is 666. The second kappa shape index (κ2) is 5.82. The van der Waals surface area contributed by atoms with E-state index in [2.05, 4.69) is 24.1 Å². The van der Waals surface area contributed by atoms with Gasteiger partial charge in [0.05, 0.1) is 16.6 Å². The van der Waals surface area contributed by atoms with Crippen molar-refractivity contribution in [3.05, 3.63) is 41.6 Å². The fraction of sp³-hybridized carbons (Fsp3) is 0.412. The van der Waals surface area contributed by atoms with Gasteiger partial charge in [-0.25, -0.2) is 0 Å². The molecule has 0 bridgehead atoms. The van der Waals surface area contributed by atoms with Crippen molar-refractivity contribution in [1.82, 2.24) is 10.3 Å².